The fourth-order valence-electron chi connectivity index (χ4n) is 3.10. The Morgan fingerprint density at radius 1 is 1.13 bits per heavy atom. The van der Waals surface area contributed by atoms with Gasteiger partial charge in [0, 0.05) is 25.5 Å². The standard InChI is InChI=1S/C17H20F3N3/c18-17(19,20)16-4-1-3-15(11-16)12-22-9-5-14(6-10-22)13-23-8-2-7-21-23/h1-4,7-8,11,14H,5-6,9-10,12-13H2. The van der Waals surface area contributed by atoms with Gasteiger partial charge in [0.15, 0.2) is 0 Å². The van der Waals surface area contributed by atoms with Gasteiger partial charge in [-0.05, 0) is 49.5 Å². The van der Waals surface area contributed by atoms with Gasteiger partial charge < -0.3 is 0 Å². The molecule has 0 atom stereocenters. The minimum Gasteiger partial charge on any atom is -0.299 e. The van der Waals surface area contributed by atoms with Gasteiger partial charge in [-0.1, -0.05) is 18.2 Å². The highest BCUT2D eigenvalue weighted by atomic mass is 19.4. The molecule has 1 aromatic heterocycles. The Balaban J connectivity index is 1.52. The lowest BCUT2D eigenvalue weighted by Gasteiger charge is -2.32. The highest BCUT2D eigenvalue weighted by Crippen LogP contribution is 2.30. The molecule has 23 heavy (non-hydrogen) atoms. The number of hydrogen-bond donors (Lipinski definition) is 0. The van der Waals surface area contributed by atoms with Gasteiger partial charge in [-0.15, -0.1) is 0 Å². The lowest BCUT2D eigenvalue weighted by atomic mass is 9.96. The first-order valence-corrected chi connectivity index (χ1v) is 7.86. The lowest BCUT2D eigenvalue weighted by Crippen LogP contribution is -2.34. The molecule has 3 rings (SSSR count). The van der Waals surface area contributed by atoms with Gasteiger partial charge in [-0.3, -0.25) is 9.58 Å². The normalized spacial score (nSPS) is 17.5. The molecular weight excluding hydrogens is 303 g/mol. The SMILES string of the molecule is FC(F)(F)c1cccc(CN2CCC(Cn3cccn3)CC2)c1. The molecule has 3 nitrogen and oxygen atoms in total. The van der Waals surface area contributed by atoms with Gasteiger partial charge in [-0.2, -0.15) is 18.3 Å². The molecule has 1 aliphatic heterocycles. The van der Waals surface area contributed by atoms with Gasteiger partial charge in [0.25, 0.3) is 0 Å². The Morgan fingerprint density at radius 2 is 1.91 bits per heavy atom. The van der Waals surface area contributed by atoms with Crippen LogP contribution in [0.4, 0.5) is 13.2 Å². The van der Waals surface area contributed by atoms with Gasteiger partial charge >= 0.3 is 6.18 Å². The second kappa shape index (κ2) is 6.74. The summed E-state index contributed by atoms with van der Waals surface area (Å²) in [5, 5.41) is 4.23. The van der Waals surface area contributed by atoms with Gasteiger partial charge in [0.1, 0.15) is 0 Å². The first kappa shape index (κ1) is 16.1. The number of likely N-dealkylation sites (tertiary alicyclic amines) is 1. The Morgan fingerprint density at radius 3 is 2.57 bits per heavy atom. The number of nitrogens with zero attached hydrogens (tertiary/aromatic N) is 3. The molecule has 0 bridgehead atoms. The fourth-order valence-corrected chi connectivity index (χ4v) is 3.10. The largest absolute Gasteiger partial charge is 0.416 e. The summed E-state index contributed by atoms with van der Waals surface area (Å²) in [5.74, 6) is 0.590. The van der Waals surface area contributed by atoms with Gasteiger partial charge in [-0.25, -0.2) is 0 Å². The third-order valence-corrected chi connectivity index (χ3v) is 4.37. The van der Waals surface area contributed by atoms with Gasteiger partial charge in [0.05, 0.1) is 5.56 Å². The zero-order valence-corrected chi connectivity index (χ0v) is 12.8. The number of benzene rings is 1. The number of hydrogen-bond acceptors (Lipinski definition) is 2. The molecule has 1 fully saturated rings. The van der Waals surface area contributed by atoms with Crippen molar-refractivity contribution in [2.45, 2.75) is 32.1 Å². The van der Waals surface area contributed by atoms with Gasteiger partial charge in [0.2, 0.25) is 0 Å². The summed E-state index contributed by atoms with van der Waals surface area (Å²) in [5.41, 5.74) is 0.161. The quantitative estimate of drug-likeness (QED) is 0.853. The summed E-state index contributed by atoms with van der Waals surface area (Å²) >= 11 is 0. The van der Waals surface area contributed by atoms with Crippen molar-refractivity contribution in [3.05, 3.63) is 53.9 Å². The molecule has 0 radical (unpaired) electrons. The molecule has 124 valence electrons. The molecule has 0 amide bonds. The van der Waals surface area contributed by atoms with E-state index in [2.05, 4.69) is 10.00 Å². The zero-order valence-electron chi connectivity index (χ0n) is 12.8. The highest BCUT2D eigenvalue weighted by Gasteiger charge is 2.30. The Hall–Kier alpha value is -1.82. The number of aromatic nitrogens is 2. The second-order valence-corrected chi connectivity index (χ2v) is 6.15. The summed E-state index contributed by atoms with van der Waals surface area (Å²) in [4.78, 5) is 2.23. The van der Waals surface area contributed by atoms with Crippen molar-refractivity contribution in [2.75, 3.05) is 13.1 Å². The molecule has 6 heteroatoms. The number of alkyl halides is 3. The van der Waals surface area contributed by atoms with Crippen LogP contribution in [0.1, 0.15) is 24.0 Å². The van der Waals surface area contributed by atoms with E-state index in [1.807, 2.05) is 16.9 Å². The molecule has 0 saturated carbocycles. The van der Waals surface area contributed by atoms with Crippen molar-refractivity contribution in [1.82, 2.24) is 14.7 Å². The number of halogens is 3. The van der Waals surface area contributed by atoms with Crippen LogP contribution < -0.4 is 0 Å². The first-order chi connectivity index (χ1) is 11.0. The third-order valence-electron chi connectivity index (χ3n) is 4.37. The Kier molecular flexibility index (Phi) is 4.71. The molecule has 0 unspecified atom stereocenters. The lowest BCUT2D eigenvalue weighted by molar-refractivity contribution is -0.137. The smallest absolute Gasteiger partial charge is 0.299 e. The number of piperidine rings is 1. The van der Waals surface area contributed by atoms with Crippen molar-refractivity contribution >= 4 is 0 Å². The summed E-state index contributed by atoms with van der Waals surface area (Å²) in [6.45, 7) is 3.34. The van der Waals surface area contributed by atoms with Crippen molar-refractivity contribution in [1.29, 1.82) is 0 Å². The second-order valence-electron chi connectivity index (χ2n) is 6.15. The van der Waals surface area contributed by atoms with Crippen molar-refractivity contribution in [2.24, 2.45) is 5.92 Å². The van der Waals surface area contributed by atoms with Crippen LogP contribution in [0.2, 0.25) is 0 Å². The molecule has 2 aromatic rings. The predicted octanol–water partition coefficient (Wildman–Crippen LogP) is 3.81. The van der Waals surface area contributed by atoms with Crippen LogP contribution in [0.25, 0.3) is 0 Å². The van der Waals surface area contributed by atoms with Crippen molar-refractivity contribution in [3.8, 4) is 0 Å². The Bertz CT molecular complexity index is 614. The molecule has 1 aromatic carbocycles. The van der Waals surface area contributed by atoms with Crippen LogP contribution in [0.3, 0.4) is 0 Å². The average molecular weight is 323 g/mol. The topological polar surface area (TPSA) is 21.1 Å². The fraction of sp³-hybridized carbons (Fsp3) is 0.471. The van der Waals surface area contributed by atoms with Crippen LogP contribution in [-0.4, -0.2) is 27.8 Å². The average Bonchev–Trinajstić information content (AvgIpc) is 3.02. The van der Waals surface area contributed by atoms with Crippen molar-refractivity contribution in [3.63, 3.8) is 0 Å². The molecule has 2 heterocycles. The maximum Gasteiger partial charge on any atom is 0.416 e. The third kappa shape index (κ3) is 4.34. The molecule has 1 aliphatic rings. The van der Waals surface area contributed by atoms with E-state index in [9.17, 15) is 13.2 Å². The molecule has 0 spiro atoms. The summed E-state index contributed by atoms with van der Waals surface area (Å²) in [7, 11) is 0. The minimum atomic E-state index is -4.27. The van der Waals surface area contributed by atoms with Crippen LogP contribution in [0, 0.1) is 5.92 Å². The van der Waals surface area contributed by atoms with E-state index in [4.69, 9.17) is 0 Å². The minimum absolute atomic E-state index is 0.566. The van der Waals surface area contributed by atoms with Crippen LogP contribution in [0.15, 0.2) is 42.7 Å². The highest BCUT2D eigenvalue weighted by molar-refractivity contribution is 5.25. The Labute approximate surface area is 133 Å². The van der Waals surface area contributed by atoms with E-state index in [-0.39, 0.29) is 0 Å². The van der Waals surface area contributed by atoms with Crippen LogP contribution in [-0.2, 0) is 19.3 Å². The first-order valence-electron chi connectivity index (χ1n) is 7.86. The summed E-state index contributed by atoms with van der Waals surface area (Å²) in [6.07, 6.45) is 1.59. The van der Waals surface area contributed by atoms with E-state index < -0.39 is 11.7 Å². The van der Waals surface area contributed by atoms with Crippen molar-refractivity contribution < 1.29 is 13.2 Å². The molecule has 0 N–H and O–H groups in total. The molecular formula is C17H20F3N3. The van der Waals surface area contributed by atoms with E-state index in [0.717, 1.165) is 44.1 Å². The van der Waals surface area contributed by atoms with E-state index in [1.54, 1.807) is 12.3 Å². The van der Waals surface area contributed by atoms with Crippen LogP contribution in [0.5, 0.6) is 0 Å². The maximum absolute atomic E-state index is 12.8. The summed E-state index contributed by atoms with van der Waals surface area (Å²) in [6, 6.07) is 7.56. The maximum atomic E-state index is 12.8. The summed E-state index contributed by atoms with van der Waals surface area (Å²) < 4.78 is 40.2. The monoisotopic (exact) mass is 323 g/mol. The van der Waals surface area contributed by atoms with E-state index in [0.29, 0.717) is 12.5 Å². The zero-order chi connectivity index (χ0) is 16.3. The van der Waals surface area contributed by atoms with E-state index >= 15 is 0 Å². The molecule has 1 saturated heterocycles. The predicted molar refractivity (Wildman–Crippen MR) is 81.7 cm³/mol. The van der Waals surface area contributed by atoms with Crippen LogP contribution >= 0.6 is 0 Å². The van der Waals surface area contributed by atoms with E-state index in [1.165, 1.54) is 12.1 Å². The number of rotatable bonds is 4. The molecule has 0 aliphatic carbocycles.